The van der Waals surface area contributed by atoms with Gasteiger partial charge in [0.1, 0.15) is 11.5 Å². The first-order chi connectivity index (χ1) is 12.2. The second-order valence-electron chi connectivity index (χ2n) is 4.78. The Morgan fingerprint density at radius 3 is 2.23 bits per heavy atom. The average molecular weight is 439 g/mol. The normalized spacial score (nSPS) is 13.8. The standard InChI is InChI=1S/C15H11Cl3NO6P/c16-9-1-3-10(4-2-9)25-26(22,23)15(19-21)14(20)8-24-11-5-6-12(17)13(18)7-11/h1-7,21H,8H2,(H,22,23). The number of Topliss-reactive ketones (excluding diaryl/α,β-unsaturated/α-hetero) is 1. The molecule has 2 N–H and O–H groups in total. The van der Waals surface area contributed by atoms with Gasteiger partial charge in [-0.1, -0.05) is 40.0 Å². The minimum Gasteiger partial charge on any atom is -0.485 e. The third-order valence-corrected chi connectivity index (χ3v) is 5.24. The highest BCUT2D eigenvalue weighted by Crippen LogP contribution is 2.44. The SMILES string of the molecule is O=C(COc1ccc(Cl)c(Cl)c1)C(=NO)P(=O)(O)Oc1ccc(Cl)cc1. The fourth-order valence-corrected chi connectivity index (χ4v) is 3.13. The van der Waals surface area contributed by atoms with Gasteiger partial charge in [-0.2, -0.15) is 0 Å². The van der Waals surface area contributed by atoms with Crippen LogP contribution < -0.4 is 9.26 Å². The van der Waals surface area contributed by atoms with Crippen molar-refractivity contribution < 1.29 is 28.7 Å². The highest BCUT2D eigenvalue weighted by Gasteiger charge is 2.36. The summed E-state index contributed by atoms with van der Waals surface area (Å²) >= 11 is 17.3. The third-order valence-electron chi connectivity index (χ3n) is 2.92. The molecule has 0 heterocycles. The number of halogens is 3. The van der Waals surface area contributed by atoms with E-state index in [-0.39, 0.29) is 16.5 Å². The first kappa shape index (κ1) is 20.6. The van der Waals surface area contributed by atoms with Gasteiger partial charge in [0, 0.05) is 11.1 Å². The number of nitrogens with zero attached hydrogens (tertiary/aromatic N) is 1. The first-order valence-electron chi connectivity index (χ1n) is 6.84. The number of carbonyl (C=O) groups is 1. The molecule has 11 heteroatoms. The highest BCUT2D eigenvalue weighted by atomic mass is 35.5. The molecule has 0 fully saturated rings. The van der Waals surface area contributed by atoms with Crippen LogP contribution in [0.15, 0.2) is 47.6 Å². The lowest BCUT2D eigenvalue weighted by Gasteiger charge is -2.14. The molecule has 1 unspecified atom stereocenters. The Balaban J connectivity index is 2.07. The zero-order valence-corrected chi connectivity index (χ0v) is 16.0. The van der Waals surface area contributed by atoms with Gasteiger partial charge in [0.05, 0.1) is 10.0 Å². The van der Waals surface area contributed by atoms with Gasteiger partial charge in [-0.05, 0) is 36.4 Å². The summed E-state index contributed by atoms with van der Waals surface area (Å²) in [4.78, 5) is 22.0. The lowest BCUT2D eigenvalue weighted by molar-refractivity contribution is -0.114. The van der Waals surface area contributed by atoms with Crippen molar-refractivity contribution in [1.82, 2.24) is 0 Å². The minimum atomic E-state index is -4.75. The second-order valence-corrected chi connectivity index (χ2v) is 7.67. The van der Waals surface area contributed by atoms with Gasteiger partial charge in [-0.15, -0.1) is 0 Å². The van der Waals surface area contributed by atoms with Crippen LogP contribution in [0, 0.1) is 0 Å². The van der Waals surface area contributed by atoms with Crippen molar-refractivity contribution in [2.24, 2.45) is 5.16 Å². The number of rotatable bonds is 7. The molecule has 0 bridgehead atoms. The molecule has 138 valence electrons. The zero-order chi connectivity index (χ0) is 19.3. The van der Waals surface area contributed by atoms with Crippen molar-refractivity contribution in [3.05, 3.63) is 57.5 Å². The summed E-state index contributed by atoms with van der Waals surface area (Å²) in [6.07, 6.45) is 0. The van der Waals surface area contributed by atoms with Crippen molar-refractivity contribution in [1.29, 1.82) is 0 Å². The maximum absolute atomic E-state index is 12.2. The molecule has 2 aromatic carbocycles. The molecule has 0 radical (unpaired) electrons. The molecule has 0 saturated heterocycles. The van der Waals surface area contributed by atoms with Crippen molar-refractivity contribution in [2.45, 2.75) is 0 Å². The van der Waals surface area contributed by atoms with E-state index in [4.69, 9.17) is 49.3 Å². The van der Waals surface area contributed by atoms with E-state index in [9.17, 15) is 14.3 Å². The van der Waals surface area contributed by atoms with Gasteiger partial charge in [0.15, 0.2) is 6.61 Å². The molecule has 7 nitrogen and oxygen atoms in total. The molecule has 1 atom stereocenters. The quantitative estimate of drug-likeness (QED) is 0.282. The summed E-state index contributed by atoms with van der Waals surface area (Å²) in [5.74, 6) is -0.908. The largest absolute Gasteiger partial charge is 0.485 e. The molecule has 0 aliphatic heterocycles. The molecular weight excluding hydrogens is 427 g/mol. The van der Waals surface area contributed by atoms with Crippen LogP contribution in [0.5, 0.6) is 11.5 Å². The Kier molecular flexibility index (Phi) is 6.92. The lowest BCUT2D eigenvalue weighted by atomic mass is 10.3. The van der Waals surface area contributed by atoms with Crippen molar-refractivity contribution in [2.75, 3.05) is 6.61 Å². The zero-order valence-electron chi connectivity index (χ0n) is 12.8. The summed E-state index contributed by atoms with van der Waals surface area (Å²) in [5.41, 5.74) is -1.08. The van der Waals surface area contributed by atoms with Gasteiger partial charge < -0.3 is 19.4 Å². The molecule has 0 amide bonds. The van der Waals surface area contributed by atoms with Gasteiger partial charge >= 0.3 is 7.60 Å². The first-order valence-corrected chi connectivity index (χ1v) is 9.55. The van der Waals surface area contributed by atoms with E-state index in [1.54, 1.807) is 0 Å². The van der Waals surface area contributed by atoms with E-state index in [0.29, 0.717) is 10.0 Å². The number of benzene rings is 2. The fourth-order valence-electron chi connectivity index (χ4n) is 1.73. The van der Waals surface area contributed by atoms with E-state index < -0.39 is 25.4 Å². The minimum absolute atomic E-state index is 0.0421. The number of hydrogen-bond acceptors (Lipinski definition) is 6. The molecular formula is C15H11Cl3NO6P. The number of ketones is 1. The van der Waals surface area contributed by atoms with Gasteiger partial charge in [0.25, 0.3) is 0 Å². The molecule has 0 aliphatic carbocycles. The Morgan fingerprint density at radius 2 is 1.65 bits per heavy atom. The summed E-state index contributed by atoms with van der Waals surface area (Å²) in [6, 6.07) is 9.72. The van der Waals surface area contributed by atoms with Crippen LogP contribution >= 0.6 is 42.4 Å². The van der Waals surface area contributed by atoms with Crippen molar-refractivity contribution in [3.63, 3.8) is 0 Å². The van der Waals surface area contributed by atoms with Crippen LogP contribution in [0.1, 0.15) is 0 Å². The van der Waals surface area contributed by atoms with E-state index in [1.807, 2.05) is 0 Å². The van der Waals surface area contributed by atoms with Gasteiger partial charge in [-0.25, -0.2) is 4.57 Å². The predicted octanol–water partition coefficient (Wildman–Crippen LogP) is 4.65. The second kappa shape index (κ2) is 8.75. The van der Waals surface area contributed by atoms with Crippen LogP contribution in [0.4, 0.5) is 0 Å². The number of ether oxygens (including phenoxy) is 1. The van der Waals surface area contributed by atoms with E-state index in [0.717, 1.165) is 0 Å². The van der Waals surface area contributed by atoms with Gasteiger partial charge in [-0.3, -0.25) is 4.79 Å². The third kappa shape index (κ3) is 5.37. The Hall–Kier alpha value is -1.76. The molecule has 0 spiro atoms. The Morgan fingerprint density at radius 1 is 1.04 bits per heavy atom. The monoisotopic (exact) mass is 437 g/mol. The molecule has 0 aromatic heterocycles. The van der Waals surface area contributed by atoms with E-state index in [1.165, 1.54) is 42.5 Å². The number of oxime groups is 1. The Bertz CT molecular complexity index is 887. The van der Waals surface area contributed by atoms with Gasteiger partial charge in [0.2, 0.25) is 11.2 Å². The average Bonchev–Trinajstić information content (AvgIpc) is 2.58. The van der Waals surface area contributed by atoms with Crippen molar-refractivity contribution in [3.8, 4) is 11.5 Å². The fraction of sp³-hybridized carbons (Fsp3) is 0.0667. The topological polar surface area (TPSA) is 105 Å². The molecule has 2 aromatic rings. The maximum Gasteiger partial charge on any atom is 0.433 e. The lowest BCUT2D eigenvalue weighted by Crippen LogP contribution is -2.23. The molecule has 26 heavy (non-hydrogen) atoms. The number of carbonyl (C=O) groups excluding carboxylic acids is 1. The summed E-state index contributed by atoms with van der Waals surface area (Å²) in [5, 5.41) is 12.4. The van der Waals surface area contributed by atoms with Crippen LogP contribution in [0.2, 0.25) is 15.1 Å². The maximum atomic E-state index is 12.2. The van der Waals surface area contributed by atoms with Crippen LogP contribution in [0.25, 0.3) is 0 Å². The van der Waals surface area contributed by atoms with E-state index >= 15 is 0 Å². The molecule has 0 saturated carbocycles. The summed E-state index contributed by atoms with van der Waals surface area (Å²) in [6.45, 7) is -0.689. The summed E-state index contributed by atoms with van der Waals surface area (Å²) in [7, 11) is -4.75. The molecule has 2 rings (SSSR count). The highest BCUT2D eigenvalue weighted by molar-refractivity contribution is 7.74. The van der Waals surface area contributed by atoms with Crippen LogP contribution in [-0.4, -0.2) is 27.9 Å². The van der Waals surface area contributed by atoms with Crippen molar-refractivity contribution >= 4 is 53.6 Å². The Labute approximate surface area is 163 Å². The smallest absolute Gasteiger partial charge is 0.433 e. The predicted molar refractivity (Wildman–Crippen MR) is 98.1 cm³/mol. The number of hydrogen-bond donors (Lipinski definition) is 2. The van der Waals surface area contributed by atoms with Crippen LogP contribution in [-0.2, 0) is 9.36 Å². The summed E-state index contributed by atoms with van der Waals surface area (Å²) < 4.78 is 22.3. The van der Waals surface area contributed by atoms with E-state index in [2.05, 4.69) is 5.16 Å². The van der Waals surface area contributed by atoms with Crippen LogP contribution in [0.3, 0.4) is 0 Å². The molecule has 0 aliphatic rings.